The predicted octanol–water partition coefficient (Wildman–Crippen LogP) is 0.541. The average Bonchev–Trinajstić information content (AvgIpc) is 2.44. The summed E-state index contributed by atoms with van der Waals surface area (Å²) in [5, 5.41) is 3.26. The monoisotopic (exact) mass is 284 g/mol. The predicted molar refractivity (Wildman–Crippen MR) is 80.9 cm³/mol. The van der Waals surface area contributed by atoms with E-state index >= 15 is 0 Å². The summed E-state index contributed by atoms with van der Waals surface area (Å²) >= 11 is 0. The molecule has 1 fully saturated rings. The molecule has 0 aromatic heterocycles. The Balaban J connectivity index is 2.32. The molecular formula is C14H28N4O2. The Morgan fingerprint density at radius 2 is 2.05 bits per heavy atom. The zero-order valence-electron chi connectivity index (χ0n) is 13.2. The molecule has 0 aromatic rings. The third-order valence-electron chi connectivity index (χ3n) is 3.48. The lowest BCUT2D eigenvalue weighted by atomic mass is 10.1. The van der Waals surface area contributed by atoms with Crippen LogP contribution in [0.5, 0.6) is 0 Å². The standard InChI is InChI=1S/C14H28N4O2/c1-5-20-12-7-10-18(11-8-12)14(15-2)16-9-6-13(19)17(3)4/h12H,5-11H2,1-4H3,(H,15,16). The average molecular weight is 284 g/mol. The quantitative estimate of drug-likeness (QED) is 0.591. The van der Waals surface area contributed by atoms with Crippen molar-refractivity contribution in [1.82, 2.24) is 15.1 Å². The molecule has 0 atom stereocenters. The number of aliphatic imine (C=N–C) groups is 1. The number of likely N-dealkylation sites (tertiary alicyclic amines) is 1. The first kappa shape index (κ1) is 16.8. The van der Waals surface area contributed by atoms with Gasteiger partial charge in [0.1, 0.15) is 0 Å². The molecule has 6 nitrogen and oxygen atoms in total. The number of rotatable bonds is 5. The highest BCUT2D eigenvalue weighted by atomic mass is 16.5. The van der Waals surface area contributed by atoms with Crippen molar-refractivity contribution in [3.8, 4) is 0 Å². The first-order chi connectivity index (χ1) is 9.58. The van der Waals surface area contributed by atoms with Crippen LogP contribution in [0.15, 0.2) is 4.99 Å². The van der Waals surface area contributed by atoms with Crippen LogP contribution in [0.1, 0.15) is 26.2 Å². The molecule has 1 N–H and O–H groups in total. The van der Waals surface area contributed by atoms with Gasteiger partial charge in [-0.05, 0) is 19.8 Å². The van der Waals surface area contributed by atoms with Crippen molar-refractivity contribution >= 4 is 11.9 Å². The summed E-state index contributed by atoms with van der Waals surface area (Å²) in [6, 6.07) is 0. The molecule has 0 spiro atoms. The maximum absolute atomic E-state index is 11.5. The molecule has 0 aliphatic carbocycles. The smallest absolute Gasteiger partial charge is 0.223 e. The third kappa shape index (κ3) is 5.36. The van der Waals surface area contributed by atoms with E-state index in [4.69, 9.17) is 4.74 Å². The second-order valence-corrected chi connectivity index (χ2v) is 5.15. The summed E-state index contributed by atoms with van der Waals surface area (Å²) in [6.07, 6.45) is 2.93. The van der Waals surface area contributed by atoms with Crippen LogP contribution in [0.2, 0.25) is 0 Å². The van der Waals surface area contributed by atoms with Gasteiger partial charge in [0, 0.05) is 53.8 Å². The number of amides is 1. The molecule has 1 aliphatic rings. The van der Waals surface area contributed by atoms with Crippen LogP contribution < -0.4 is 5.32 Å². The molecule has 0 bridgehead atoms. The number of guanidine groups is 1. The highest BCUT2D eigenvalue weighted by Crippen LogP contribution is 2.13. The minimum absolute atomic E-state index is 0.128. The van der Waals surface area contributed by atoms with E-state index < -0.39 is 0 Å². The normalized spacial score (nSPS) is 17.2. The van der Waals surface area contributed by atoms with E-state index in [2.05, 4.69) is 15.2 Å². The maximum atomic E-state index is 11.5. The van der Waals surface area contributed by atoms with Crippen LogP contribution in [0, 0.1) is 0 Å². The number of carbonyl (C=O) groups is 1. The van der Waals surface area contributed by atoms with Gasteiger partial charge in [-0.2, -0.15) is 0 Å². The Hall–Kier alpha value is -1.30. The molecule has 0 unspecified atom stereocenters. The molecule has 0 radical (unpaired) electrons. The van der Waals surface area contributed by atoms with Crippen LogP contribution in [-0.2, 0) is 9.53 Å². The number of hydrogen-bond acceptors (Lipinski definition) is 3. The highest BCUT2D eigenvalue weighted by Gasteiger charge is 2.21. The zero-order chi connectivity index (χ0) is 15.0. The van der Waals surface area contributed by atoms with Crippen LogP contribution in [0.3, 0.4) is 0 Å². The fraction of sp³-hybridized carbons (Fsp3) is 0.857. The van der Waals surface area contributed by atoms with E-state index in [-0.39, 0.29) is 5.91 Å². The lowest BCUT2D eigenvalue weighted by Gasteiger charge is -2.34. The number of nitrogens with one attached hydrogen (secondary N) is 1. The largest absolute Gasteiger partial charge is 0.378 e. The number of hydrogen-bond donors (Lipinski definition) is 1. The van der Waals surface area contributed by atoms with Gasteiger partial charge in [0.05, 0.1) is 6.10 Å². The molecule has 1 amide bonds. The zero-order valence-corrected chi connectivity index (χ0v) is 13.2. The van der Waals surface area contributed by atoms with E-state index in [1.807, 2.05) is 6.92 Å². The SMILES string of the molecule is CCOC1CCN(C(=NC)NCCC(=O)N(C)C)CC1. The van der Waals surface area contributed by atoms with E-state index in [9.17, 15) is 4.79 Å². The van der Waals surface area contributed by atoms with E-state index in [0.717, 1.165) is 38.5 Å². The minimum Gasteiger partial charge on any atom is -0.378 e. The molecular weight excluding hydrogens is 256 g/mol. The molecule has 1 rings (SSSR count). The van der Waals surface area contributed by atoms with Crippen molar-refractivity contribution in [2.24, 2.45) is 4.99 Å². The van der Waals surface area contributed by atoms with E-state index in [1.54, 1.807) is 26.0 Å². The van der Waals surface area contributed by atoms with Gasteiger partial charge in [0.2, 0.25) is 5.91 Å². The summed E-state index contributed by atoms with van der Waals surface area (Å²) in [5.74, 6) is 1.01. The van der Waals surface area contributed by atoms with Gasteiger partial charge in [-0.3, -0.25) is 9.79 Å². The topological polar surface area (TPSA) is 57.2 Å². The molecule has 1 heterocycles. The van der Waals surface area contributed by atoms with Gasteiger partial charge in [-0.15, -0.1) is 0 Å². The van der Waals surface area contributed by atoms with Crippen molar-refractivity contribution in [3.05, 3.63) is 0 Å². The second kappa shape index (κ2) is 8.79. The van der Waals surface area contributed by atoms with Gasteiger partial charge in [-0.1, -0.05) is 0 Å². The van der Waals surface area contributed by atoms with Gasteiger partial charge < -0.3 is 19.9 Å². The van der Waals surface area contributed by atoms with Crippen LogP contribution in [0.25, 0.3) is 0 Å². The van der Waals surface area contributed by atoms with Crippen molar-refractivity contribution in [2.45, 2.75) is 32.3 Å². The summed E-state index contributed by atoms with van der Waals surface area (Å²) in [4.78, 5) is 19.7. The van der Waals surface area contributed by atoms with E-state index in [1.165, 1.54) is 0 Å². The first-order valence-corrected chi connectivity index (χ1v) is 7.35. The minimum atomic E-state index is 0.128. The summed E-state index contributed by atoms with van der Waals surface area (Å²) in [5.41, 5.74) is 0. The highest BCUT2D eigenvalue weighted by molar-refractivity contribution is 5.81. The number of nitrogens with zero attached hydrogens (tertiary/aromatic N) is 3. The lowest BCUT2D eigenvalue weighted by Crippen LogP contribution is -2.47. The van der Waals surface area contributed by atoms with Crippen molar-refractivity contribution in [1.29, 1.82) is 0 Å². The second-order valence-electron chi connectivity index (χ2n) is 5.15. The summed E-state index contributed by atoms with van der Waals surface area (Å²) in [7, 11) is 5.33. The summed E-state index contributed by atoms with van der Waals surface area (Å²) in [6.45, 7) is 5.34. The third-order valence-corrected chi connectivity index (χ3v) is 3.48. The van der Waals surface area contributed by atoms with Crippen LogP contribution in [0.4, 0.5) is 0 Å². The van der Waals surface area contributed by atoms with Gasteiger partial charge in [0.15, 0.2) is 5.96 Å². The molecule has 20 heavy (non-hydrogen) atoms. The van der Waals surface area contributed by atoms with Crippen LogP contribution in [-0.4, -0.2) is 75.2 Å². The number of carbonyl (C=O) groups excluding carboxylic acids is 1. The van der Waals surface area contributed by atoms with Crippen LogP contribution >= 0.6 is 0 Å². The first-order valence-electron chi connectivity index (χ1n) is 7.35. The Bertz CT molecular complexity index is 323. The lowest BCUT2D eigenvalue weighted by molar-refractivity contribution is -0.128. The summed E-state index contributed by atoms with van der Waals surface area (Å²) < 4.78 is 5.65. The Morgan fingerprint density at radius 1 is 1.40 bits per heavy atom. The fourth-order valence-corrected chi connectivity index (χ4v) is 2.31. The maximum Gasteiger partial charge on any atom is 0.223 e. The number of ether oxygens (including phenoxy) is 1. The van der Waals surface area contributed by atoms with E-state index in [0.29, 0.717) is 19.1 Å². The Morgan fingerprint density at radius 3 is 2.55 bits per heavy atom. The molecule has 0 saturated carbocycles. The van der Waals surface area contributed by atoms with Gasteiger partial charge in [-0.25, -0.2) is 0 Å². The van der Waals surface area contributed by atoms with Crippen molar-refractivity contribution < 1.29 is 9.53 Å². The Kier molecular flexibility index (Phi) is 7.36. The Labute approximate surface area is 122 Å². The van der Waals surface area contributed by atoms with Crippen molar-refractivity contribution in [3.63, 3.8) is 0 Å². The number of piperidine rings is 1. The van der Waals surface area contributed by atoms with Gasteiger partial charge >= 0.3 is 0 Å². The van der Waals surface area contributed by atoms with Crippen molar-refractivity contribution in [2.75, 3.05) is 47.4 Å². The fourth-order valence-electron chi connectivity index (χ4n) is 2.31. The van der Waals surface area contributed by atoms with Gasteiger partial charge in [0.25, 0.3) is 0 Å². The molecule has 0 aromatic carbocycles. The molecule has 6 heteroatoms. The molecule has 1 saturated heterocycles. The molecule has 1 aliphatic heterocycles. The molecule has 116 valence electrons.